The van der Waals surface area contributed by atoms with Crippen LogP contribution in [0.1, 0.15) is 45.8 Å². The fraction of sp³-hybridized carbons (Fsp3) is 0.400. The fourth-order valence-electron chi connectivity index (χ4n) is 2.79. The number of ether oxygens (including phenoxy) is 1. The largest absolute Gasteiger partial charge is 0.453 e. The second kappa shape index (κ2) is 8.70. The van der Waals surface area contributed by atoms with Gasteiger partial charge in [0, 0.05) is 31.9 Å². The Morgan fingerprint density at radius 1 is 1.07 bits per heavy atom. The maximum absolute atomic E-state index is 12.6. The number of ketones is 1. The third-order valence-electron chi connectivity index (χ3n) is 4.70. The van der Waals surface area contributed by atoms with E-state index in [0.717, 1.165) is 11.1 Å². The van der Waals surface area contributed by atoms with Gasteiger partial charge in [0.15, 0.2) is 12.4 Å². The summed E-state index contributed by atoms with van der Waals surface area (Å²) < 4.78 is 33.0. The van der Waals surface area contributed by atoms with Crippen LogP contribution in [0.25, 0.3) is 0 Å². The van der Waals surface area contributed by atoms with Crippen molar-refractivity contribution >= 4 is 21.8 Å². The molecule has 28 heavy (non-hydrogen) atoms. The van der Waals surface area contributed by atoms with Crippen molar-refractivity contribution in [3.8, 4) is 0 Å². The smallest absolute Gasteiger partial charge is 0.355 e. The highest BCUT2D eigenvalue weighted by Gasteiger charge is 2.26. The van der Waals surface area contributed by atoms with Crippen molar-refractivity contribution in [3.63, 3.8) is 0 Å². The van der Waals surface area contributed by atoms with Crippen molar-refractivity contribution in [1.82, 2.24) is 8.87 Å². The van der Waals surface area contributed by atoms with Gasteiger partial charge in [0.1, 0.15) is 10.6 Å². The molecule has 2 rings (SSSR count). The van der Waals surface area contributed by atoms with Gasteiger partial charge in [-0.15, -0.1) is 0 Å². The number of carbonyl (C=O) groups excluding carboxylic acids is 2. The van der Waals surface area contributed by atoms with Gasteiger partial charge in [-0.25, -0.2) is 13.2 Å². The van der Waals surface area contributed by atoms with Gasteiger partial charge in [0.05, 0.1) is 0 Å². The van der Waals surface area contributed by atoms with Gasteiger partial charge in [0.25, 0.3) is 0 Å². The van der Waals surface area contributed by atoms with Crippen molar-refractivity contribution in [2.75, 3.05) is 19.7 Å². The van der Waals surface area contributed by atoms with Gasteiger partial charge in [-0.3, -0.25) is 4.79 Å². The predicted octanol–water partition coefficient (Wildman–Crippen LogP) is 2.71. The molecule has 0 unspecified atom stereocenters. The van der Waals surface area contributed by atoms with Gasteiger partial charge < -0.3 is 9.30 Å². The number of nitrogens with zero attached hydrogens (tertiary/aromatic N) is 2. The molecule has 0 fully saturated rings. The van der Waals surface area contributed by atoms with Crippen LogP contribution >= 0.6 is 0 Å². The highest BCUT2D eigenvalue weighted by molar-refractivity contribution is 7.89. The van der Waals surface area contributed by atoms with E-state index in [1.807, 2.05) is 19.9 Å². The molecule has 0 N–H and O–H groups in total. The van der Waals surface area contributed by atoms with E-state index >= 15 is 0 Å². The average Bonchev–Trinajstić information content (AvgIpc) is 3.05. The molecule has 0 aliphatic heterocycles. The van der Waals surface area contributed by atoms with E-state index in [2.05, 4.69) is 0 Å². The molecule has 7 nitrogen and oxygen atoms in total. The Labute approximate surface area is 166 Å². The summed E-state index contributed by atoms with van der Waals surface area (Å²) in [5, 5.41) is 0. The van der Waals surface area contributed by atoms with Crippen molar-refractivity contribution in [2.45, 2.75) is 32.6 Å². The summed E-state index contributed by atoms with van der Waals surface area (Å²) in [6, 6.07) is 6.56. The molecule has 0 spiro atoms. The molecule has 8 heteroatoms. The molecule has 1 aromatic carbocycles. The van der Waals surface area contributed by atoms with Crippen LogP contribution < -0.4 is 0 Å². The number of Topliss-reactive ketones (excluding diaryl/α,β-unsaturated/α-hetero) is 1. The number of carbonyl (C=O) groups is 2. The topological polar surface area (TPSA) is 85.7 Å². The summed E-state index contributed by atoms with van der Waals surface area (Å²) in [7, 11) is -2.12. The van der Waals surface area contributed by atoms with Gasteiger partial charge >= 0.3 is 5.97 Å². The van der Waals surface area contributed by atoms with Crippen LogP contribution in [0.2, 0.25) is 0 Å². The molecule has 1 heterocycles. The average molecular weight is 407 g/mol. The second-order valence-electron chi connectivity index (χ2n) is 6.56. The summed E-state index contributed by atoms with van der Waals surface area (Å²) in [5.74, 6) is -1.07. The molecule has 0 atom stereocenters. The minimum absolute atomic E-state index is 0.0196. The maximum Gasteiger partial charge on any atom is 0.355 e. The zero-order chi connectivity index (χ0) is 21.1. The number of esters is 1. The van der Waals surface area contributed by atoms with Crippen molar-refractivity contribution in [3.05, 3.63) is 52.8 Å². The van der Waals surface area contributed by atoms with E-state index in [0.29, 0.717) is 18.7 Å². The first-order valence-electron chi connectivity index (χ1n) is 9.05. The number of hydrogen-bond donors (Lipinski definition) is 0. The lowest BCUT2D eigenvalue weighted by Crippen LogP contribution is -2.30. The van der Waals surface area contributed by atoms with E-state index in [1.165, 1.54) is 21.1 Å². The number of aromatic nitrogens is 1. The Morgan fingerprint density at radius 3 is 2.29 bits per heavy atom. The first kappa shape index (κ1) is 21.8. The summed E-state index contributed by atoms with van der Waals surface area (Å²) in [5.41, 5.74) is 2.58. The molecular weight excluding hydrogens is 380 g/mol. The third kappa shape index (κ3) is 4.51. The molecule has 0 saturated carbocycles. The van der Waals surface area contributed by atoms with E-state index < -0.39 is 22.6 Å². The van der Waals surface area contributed by atoms with E-state index in [1.54, 1.807) is 33.0 Å². The molecule has 0 aliphatic carbocycles. The lowest BCUT2D eigenvalue weighted by molar-refractivity contribution is 0.0465. The third-order valence-corrected chi connectivity index (χ3v) is 6.71. The van der Waals surface area contributed by atoms with Gasteiger partial charge in [-0.1, -0.05) is 26.0 Å². The quantitative estimate of drug-likeness (QED) is 0.497. The van der Waals surface area contributed by atoms with Crippen LogP contribution in [0.3, 0.4) is 0 Å². The molecule has 0 amide bonds. The fourth-order valence-corrected chi connectivity index (χ4v) is 4.32. The summed E-state index contributed by atoms with van der Waals surface area (Å²) >= 11 is 0. The van der Waals surface area contributed by atoms with Crippen molar-refractivity contribution in [1.29, 1.82) is 0 Å². The normalized spacial score (nSPS) is 11.6. The lowest BCUT2D eigenvalue weighted by atomic mass is 10.0. The van der Waals surface area contributed by atoms with Crippen LogP contribution in [-0.4, -0.2) is 48.7 Å². The zero-order valence-electron chi connectivity index (χ0n) is 16.9. The minimum atomic E-state index is -3.68. The molecule has 1 aromatic heterocycles. The van der Waals surface area contributed by atoms with Crippen LogP contribution in [0, 0.1) is 13.8 Å². The molecular formula is C20H26N2O5S. The van der Waals surface area contributed by atoms with E-state index in [-0.39, 0.29) is 16.4 Å². The van der Waals surface area contributed by atoms with Crippen LogP contribution in [0.15, 0.2) is 35.4 Å². The van der Waals surface area contributed by atoms with Crippen LogP contribution in [0.5, 0.6) is 0 Å². The monoisotopic (exact) mass is 406 g/mol. The highest BCUT2D eigenvalue weighted by Crippen LogP contribution is 2.19. The number of sulfonamides is 1. The maximum atomic E-state index is 12.6. The molecule has 0 radical (unpaired) electrons. The van der Waals surface area contributed by atoms with Crippen LogP contribution in [-0.2, 0) is 21.8 Å². The van der Waals surface area contributed by atoms with E-state index in [4.69, 9.17) is 4.74 Å². The van der Waals surface area contributed by atoms with Gasteiger partial charge in [0.2, 0.25) is 10.0 Å². The first-order chi connectivity index (χ1) is 13.1. The molecule has 2 aromatic rings. The van der Waals surface area contributed by atoms with Crippen molar-refractivity contribution < 1.29 is 22.7 Å². The highest BCUT2D eigenvalue weighted by atomic mass is 32.2. The van der Waals surface area contributed by atoms with E-state index in [9.17, 15) is 18.0 Å². The number of aryl methyl sites for hydroxylation is 3. The molecule has 0 bridgehead atoms. The Bertz CT molecular complexity index is 988. The second-order valence-corrected chi connectivity index (χ2v) is 8.50. The molecule has 0 saturated heterocycles. The predicted molar refractivity (Wildman–Crippen MR) is 106 cm³/mol. The molecule has 0 aliphatic rings. The Balaban J connectivity index is 2.14. The van der Waals surface area contributed by atoms with Crippen molar-refractivity contribution in [2.24, 2.45) is 7.05 Å². The minimum Gasteiger partial charge on any atom is -0.453 e. The Morgan fingerprint density at radius 2 is 1.71 bits per heavy atom. The zero-order valence-corrected chi connectivity index (χ0v) is 17.7. The van der Waals surface area contributed by atoms with Crippen LogP contribution in [0.4, 0.5) is 0 Å². The standard InChI is InChI=1S/C20H26N2O5S/c1-6-22(7-2)28(25,26)17-11-18(21(5)12-17)20(24)27-13-19(23)16-9-8-14(3)15(4)10-16/h8-12H,6-7,13H2,1-5H3. The summed E-state index contributed by atoms with van der Waals surface area (Å²) in [4.78, 5) is 24.7. The number of benzene rings is 1. The Hall–Kier alpha value is -2.45. The lowest BCUT2D eigenvalue weighted by Gasteiger charge is -2.17. The number of rotatable bonds is 8. The number of hydrogen-bond acceptors (Lipinski definition) is 5. The Kier molecular flexibility index (Phi) is 6.79. The first-order valence-corrected chi connectivity index (χ1v) is 10.5. The summed E-state index contributed by atoms with van der Waals surface area (Å²) in [6.07, 6.45) is 1.37. The van der Waals surface area contributed by atoms with Gasteiger partial charge in [-0.05, 0) is 37.1 Å². The van der Waals surface area contributed by atoms with Gasteiger partial charge in [-0.2, -0.15) is 4.31 Å². The SMILES string of the molecule is CCN(CC)S(=O)(=O)c1cc(C(=O)OCC(=O)c2ccc(C)c(C)c2)n(C)c1. The molecule has 152 valence electrons. The summed E-state index contributed by atoms with van der Waals surface area (Å²) in [6.45, 7) is 7.60.